The van der Waals surface area contributed by atoms with Gasteiger partial charge in [0.1, 0.15) is 11.7 Å². The largest absolute Gasteiger partial charge is 0.493 e. The Kier molecular flexibility index (Phi) is 7.36. The number of methoxy groups -OCH3 is 1. The lowest BCUT2D eigenvalue weighted by molar-refractivity contribution is -0.114. The van der Waals surface area contributed by atoms with Crippen LogP contribution in [0.2, 0.25) is 5.02 Å². The van der Waals surface area contributed by atoms with Gasteiger partial charge >= 0.3 is 0 Å². The van der Waals surface area contributed by atoms with Gasteiger partial charge in [-0.3, -0.25) is 10.2 Å². The van der Waals surface area contributed by atoms with Crippen molar-refractivity contribution in [2.75, 3.05) is 7.11 Å². The van der Waals surface area contributed by atoms with E-state index in [9.17, 15) is 4.79 Å². The molecule has 1 amide bonds. The summed E-state index contributed by atoms with van der Waals surface area (Å²) in [6, 6.07) is 19.0. The summed E-state index contributed by atoms with van der Waals surface area (Å²) in [6.07, 6.45) is 1.63. The Morgan fingerprint density at radius 2 is 1.86 bits per heavy atom. The molecule has 37 heavy (non-hydrogen) atoms. The first kappa shape index (κ1) is 25.5. The van der Waals surface area contributed by atoms with Crippen molar-refractivity contribution >= 4 is 74.0 Å². The zero-order valence-electron chi connectivity index (χ0n) is 19.8. The van der Waals surface area contributed by atoms with Crippen molar-refractivity contribution in [3.8, 4) is 11.5 Å². The third-order valence-corrected chi connectivity index (χ3v) is 7.62. The van der Waals surface area contributed by atoms with Gasteiger partial charge < -0.3 is 9.47 Å². The van der Waals surface area contributed by atoms with E-state index in [4.69, 9.17) is 26.5 Å². The lowest BCUT2D eigenvalue weighted by atomic mass is 10.1. The monoisotopic (exact) mass is 642 g/mol. The summed E-state index contributed by atoms with van der Waals surface area (Å²) < 4.78 is 12.4. The summed E-state index contributed by atoms with van der Waals surface area (Å²) >= 11 is 9.41. The van der Waals surface area contributed by atoms with Crippen LogP contribution in [0.25, 0.3) is 6.08 Å². The summed E-state index contributed by atoms with van der Waals surface area (Å²) in [6.45, 7) is 2.36. The van der Waals surface area contributed by atoms with E-state index in [2.05, 4.69) is 32.7 Å². The van der Waals surface area contributed by atoms with E-state index in [0.717, 1.165) is 20.3 Å². The number of carbonyl (C=O) groups excluding carboxylic acids is 1. The van der Waals surface area contributed by atoms with E-state index in [1.54, 1.807) is 19.3 Å². The molecule has 2 aliphatic heterocycles. The van der Waals surface area contributed by atoms with Gasteiger partial charge in [0.05, 0.1) is 16.3 Å². The molecule has 2 heterocycles. The molecular formula is C27H20ClIN4O3S. The van der Waals surface area contributed by atoms with Crippen LogP contribution in [0.1, 0.15) is 22.3 Å². The van der Waals surface area contributed by atoms with Crippen LogP contribution in [0.15, 0.2) is 76.3 Å². The third-order valence-electron chi connectivity index (χ3n) is 5.61. The lowest BCUT2D eigenvalue weighted by Crippen LogP contribution is -2.35. The number of rotatable bonds is 6. The Morgan fingerprint density at radius 3 is 2.57 bits per heavy atom. The Bertz CT molecular complexity index is 1500. The van der Waals surface area contributed by atoms with E-state index < -0.39 is 5.91 Å². The number of benzene rings is 3. The van der Waals surface area contributed by atoms with Crippen LogP contribution in [0, 0.1) is 15.9 Å². The minimum Gasteiger partial charge on any atom is -0.493 e. The smallest absolute Gasteiger partial charge is 0.283 e. The SMILES string of the molecule is COc1cc(/C=C2/C(=N)N3N=C(c4ccc(C)cc4)SC3=NC2=O)cc(I)c1OCc1ccc(Cl)cc1. The number of hydrazone groups is 1. The number of halogens is 2. The molecule has 7 nitrogen and oxygen atoms in total. The average Bonchev–Trinajstić information content (AvgIpc) is 3.31. The van der Waals surface area contributed by atoms with Crippen LogP contribution < -0.4 is 9.47 Å². The number of amidine groups is 2. The average molecular weight is 643 g/mol. The first-order valence-corrected chi connectivity index (χ1v) is 13.4. The van der Waals surface area contributed by atoms with Crippen molar-refractivity contribution in [2.45, 2.75) is 13.5 Å². The number of amides is 1. The highest BCUT2D eigenvalue weighted by molar-refractivity contribution is 14.1. The van der Waals surface area contributed by atoms with Crippen LogP contribution in [0.5, 0.6) is 11.5 Å². The number of thioether (sulfide) groups is 1. The Morgan fingerprint density at radius 1 is 1.14 bits per heavy atom. The number of hydrogen-bond acceptors (Lipinski definition) is 6. The lowest BCUT2D eigenvalue weighted by Gasteiger charge is -2.20. The van der Waals surface area contributed by atoms with E-state index >= 15 is 0 Å². The number of aryl methyl sites for hydroxylation is 1. The molecule has 0 atom stereocenters. The van der Waals surface area contributed by atoms with Crippen molar-refractivity contribution < 1.29 is 14.3 Å². The fraction of sp³-hybridized carbons (Fsp3) is 0.111. The summed E-state index contributed by atoms with van der Waals surface area (Å²) in [5, 5.41) is 16.4. The molecule has 0 bridgehead atoms. The zero-order valence-corrected chi connectivity index (χ0v) is 23.5. The Hall–Kier alpha value is -3.15. The molecule has 0 saturated heterocycles. The highest BCUT2D eigenvalue weighted by Crippen LogP contribution is 2.36. The zero-order chi connectivity index (χ0) is 26.1. The second-order valence-electron chi connectivity index (χ2n) is 8.24. The summed E-state index contributed by atoms with van der Waals surface area (Å²) in [5.41, 5.74) is 3.85. The molecule has 2 aliphatic rings. The molecule has 3 aromatic carbocycles. The predicted octanol–water partition coefficient (Wildman–Crippen LogP) is 6.51. The number of nitrogens with zero attached hydrogens (tertiary/aromatic N) is 3. The number of hydrogen-bond donors (Lipinski definition) is 1. The molecule has 0 aliphatic carbocycles. The third kappa shape index (κ3) is 5.43. The second-order valence-corrected chi connectivity index (χ2v) is 10.8. The fourth-order valence-electron chi connectivity index (χ4n) is 3.67. The van der Waals surface area contributed by atoms with Crippen molar-refractivity contribution in [3.63, 3.8) is 0 Å². The highest BCUT2D eigenvalue weighted by atomic mass is 127. The minimum absolute atomic E-state index is 0.0262. The normalized spacial score (nSPS) is 16.0. The summed E-state index contributed by atoms with van der Waals surface area (Å²) in [7, 11) is 1.56. The first-order chi connectivity index (χ1) is 17.8. The molecule has 0 fully saturated rings. The van der Waals surface area contributed by atoms with Crippen LogP contribution in [-0.2, 0) is 11.4 Å². The minimum atomic E-state index is -0.485. The van der Waals surface area contributed by atoms with Gasteiger partial charge in [-0.25, -0.2) is 0 Å². The molecule has 186 valence electrons. The molecule has 1 N–H and O–H groups in total. The molecule has 3 aromatic rings. The maximum absolute atomic E-state index is 12.9. The molecule has 10 heteroatoms. The summed E-state index contributed by atoms with van der Waals surface area (Å²) in [5.74, 6) is 0.597. The van der Waals surface area contributed by atoms with Crippen LogP contribution >= 0.6 is 46.0 Å². The first-order valence-electron chi connectivity index (χ1n) is 11.1. The molecule has 0 aromatic heterocycles. The summed E-state index contributed by atoms with van der Waals surface area (Å²) in [4.78, 5) is 17.1. The Labute approximate surface area is 236 Å². The van der Waals surface area contributed by atoms with Crippen molar-refractivity contribution in [1.82, 2.24) is 5.01 Å². The van der Waals surface area contributed by atoms with Crippen LogP contribution in [-0.4, -0.2) is 34.1 Å². The highest BCUT2D eigenvalue weighted by Gasteiger charge is 2.36. The quantitative estimate of drug-likeness (QED) is 0.245. The number of ether oxygens (including phenoxy) is 2. The van der Waals surface area contributed by atoms with Gasteiger partial charge in [0.2, 0.25) is 5.17 Å². The molecule has 5 rings (SSSR count). The van der Waals surface area contributed by atoms with Crippen molar-refractivity contribution in [3.05, 3.63) is 97.1 Å². The van der Waals surface area contributed by atoms with Crippen molar-refractivity contribution in [1.29, 1.82) is 5.41 Å². The van der Waals surface area contributed by atoms with E-state index in [1.165, 1.54) is 16.8 Å². The fourth-order valence-corrected chi connectivity index (χ4v) is 5.47. The van der Waals surface area contributed by atoms with E-state index in [0.29, 0.717) is 38.9 Å². The number of carbonyl (C=O) groups is 1. The van der Waals surface area contributed by atoms with Gasteiger partial charge in [0, 0.05) is 10.6 Å². The second kappa shape index (κ2) is 10.7. The maximum Gasteiger partial charge on any atom is 0.283 e. The van der Waals surface area contributed by atoms with Crippen molar-refractivity contribution in [2.24, 2.45) is 10.1 Å². The molecule has 0 unspecified atom stereocenters. The topological polar surface area (TPSA) is 87.3 Å². The standard InChI is InChI=1S/C27H20ClIN4O3S/c1-15-3-7-18(8-4-15)26-32-33-24(30)20(25(34)31-27(33)37-26)11-17-12-21(29)23(22(13-17)35-2)36-14-16-5-9-19(28)10-6-16/h3-13,30H,14H2,1-2H3/b20-11-,30-24?. The van der Waals surface area contributed by atoms with Gasteiger partial charge in [-0.2, -0.15) is 15.1 Å². The van der Waals surface area contributed by atoms with E-state index in [1.807, 2.05) is 61.5 Å². The van der Waals surface area contributed by atoms with Crippen LogP contribution in [0.3, 0.4) is 0 Å². The van der Waals surface area contributed by atoms with Gasteiger partial charge in [0.15, 0.2) is 17.3 Å². The van der Waals surface area contributed by atoms with Gasteiger partial charge in [-0.15, -0.1) is 0 Å². The molecule has 0 spiro atoms. The predicted molar refractivity (Wildman–Crippen MR) is 157 cm³/mol. The van der Waals surface area contributed by atoms with Gasteiger partial charge in [0.25, 0.3) is 5.91 Å². The van der Waals surface area contributed by atoms with Gasteiger partial charge in [-0.05, 0) is 82.7 Å². The van der Waals surface area contributed by atoms with Gasteiger partial charge in [-0.1, -0.05) is 53.6 Å². The molecule has 0 radical (unpaired) electrons. The van der Waals surface area contributed by atoms with E-state index in [-0.39, 0.29) is 11.4 Å². The molecule has 0 saturated carbocycles. The molecular weight excluding hydrogens is 623 g/mol. The number of nitrogens with one attached hydrogen (secondary N) is 1. The maximum atomic E-state index is 12.9. The number of aliphatic imine (C=N–C) groups is 1. The van der Waals surface area contributed by atoms with Crippen LogP contribution in [0.4, 0.5) is 0 Å². The number of fused-ring (bicyclic) bond motifs is 1. The Balaban J connectivity index is 1.40.